The first-order valence-electron chi connectivity index (χ1n) is 6.85. The largest absolute Gasteiger partial charge is 0.481 e. The van der Waals surface area contributed by atoms with E-state index in [-0.39, 0.29) is 12.3 Å². The summed E-state index contributed by atoms with van der Waals surface area (Å²) in [6, 6.07) is 15.6. The molecule has 2 nitrogen and oxygen atoms in total. The van der Waals surface area contributed by atoms with Gasteiger partial charge in [0.2, 0.25) is 0 Å². The molecule has 2 rings (SSSR count). The Kier molecular flexibility index (Phi) is 5.42. The maximum absolute atomic E-state index is 12.6. The number of para-hydroxylation sites is 2. The molecule has 2 aromatic carbocycles. The molecule has 0 heterocycles. The number of rotatable bonds is 3. The fourth-order valence-electron chi connectivity index (χ4n) is 1.69. The van der Waals surface area contributed by atoms with E-state index in [2.05, 4.69) is 16.8 Å². The monoisotopic (exact) mass is 317 g/mol. The standard InChI is InChI=1S/C18H14F3NO/c1-14(18(19,20)21)22-17-12-6-5-8-15(17)9-7-13-23-16-10-3-2-4-11-16/h2-6,8,10-12H,13H2,1H3. The van der Waals surface area contributed by atoms with Gasteiger partial charge in [0.05, 0.1) is 11.3 Å². The van der Waals surface area contributed by atoms with Crippen LogP contribution in [0.25, 0.3) is 0 Å². The Bertz CT molecular complexity index is 740. The number of hydrogen-bond acceptors (Lipinski definition) is 2. The second-order valence-corrected chi connectivity index (χ2v) is 4.62. The van der Waals surface area contributed by atoms with Gasteiger partial charge in [-0.05, 0) is 31.2 Å². The Morgan fingerprint density at radius 3 is 2.39 bits per heavy atom. The van der Waals surface area contributed by atoms with Crippen LogP contribution in [0.5, 0.6) is 5.75 Å². The van der Waals surface area contributed by atoms with Crippen LogP contribution in [0, 0.1) is 11.8 Å². The van der Waals surface area contributed by atoms with Crippen molar-refractivity contribution < 1.29 is 17.9 Å². The van der Waals surface area contributed by atoms with E-state index in [0.29, 0.717) is 11.3 Å². The Balaban J connectivity index is 2.11. The van der Waals surface area contributed by atoms with Gasteiger partial charge in [0, 0.05) is 0 Å². The molecule has 0 bridgehead atoms. The van der Waals surface area contributed by atoms with Crippen LogP contribution in [0.4, 0.5) is 18.9 Å². The molecule has 0 atom stereocenters. The number of hydrogen-bond donors (Lipinski definition) is 0. The number of alkyl halides is 3. The van der Waals surface area contributed by atoms with Gasteiger partial charge in [-0.3, -0.25) is 0 Å². The van der Waals surface area contributed by atoms with Crippen molar-refractivity contribution in [1.82, 2.24) is 0 Å². The number of benzene rings is 2. The Morgan fingerprint density at radius 2 is 1.70 bits per heavy atom. The molecule has 0 aliphatic heterocycles. The van der Waals surface area contributed by atoms with Crippen molar-refractivity contribution >= 4 is 11.4 Å². The fourth-order valence-corrected chi connectivity index (χ4v) is 1.69. The lowest BCUT2D eigenvalue weighted by atomic mass is 10.2. The normalized spacial score (nSPS) is 11.6. The highest BCUT2D eigenvalue weighted by atomic mass is 19.4. The maximum atomic E-state index is 12.6. The van der Waals surface area contributed by atoms with Crippen LogP contribution in [0.15, 0.2) is 59.6 Å². The third-order valence-electron chi connectivity index (χ3n) is 2.88. The predicted molar refractivity (Wildman–Crippen MR) is 84.1 cm³/mol. The minimum Gasteiger partial charge on any atom is -0.481 e. The summed E-state index contributed by atoms with van der Waals surface area (Å²) in [4.78, 5) is 3.62. The van der Waals surface area contributed by atoms with Crippen LogP contribution in [0.2, 0.25) is 0 Å². The van der Waals surface area contributed by atoms with Crippen LogP contribution in [-0.4, -0.2) is 18.5 Å². The molecule has 23 heavy (non-hydrogen) atoms. The summed E-state index contributed by atoms with van der Waals surface area (Å²) in [5, 5.41) is 0. The first kappa shape index (κ1) is 16.6. The summed E-state index contributed by atoms with van der Waals surface area (Å²) < 4.78 is 43.1. The molecule has 0 fully saturated rings. The third-order valence-corrected chi connectivity index (χ3v) is 2.88. The molecule has 5 heteroatoms. The highest BCUT2D eigenvalue weighted by Crippen LogP contribution is 2.23. The van der Waals surface area contributed by atoms with Crippen LogP contribution in [0.3, 0.4) is 0 Å². The summed E-state index contributed by atoms with van der Waals surface area (Å²) in [6.07, 6.45) is -4.45. The zero-order valence-corrected chi connectivity index (χ0v) is 12.4. The molecule has 0 radical (unpaired) electrons. The highest BCUT2D eigenvalue weighted by Gasteiger charge is 2.31. The van der Waals surface area contributed by atoms with Crippen LogP contribution in [-0.2, 0) is 0 Å². The topological polar surface area (TPSA) is 21.6 Å². The molecular weight excluding hydrogens is 303 g/mol. The molecule has 0 saturated heterocycles. The SMILES string of the molecule is CC(=Nc1ccccc1C#CCOc1ccccc1)C(F)(F)F. The molecule has 0 spiro atoms. The van der Waals surface area contributed by atoms with Gasteiger partial charge < -0.3 is 4.74 Å². The van der Waals surface area contributed by atoms with Crippen molar-refractivity contribution in [2.24, 2.45) is 4.99 Å². The van der Waals surface area contributed by atoms with Gasteiger partial charge in [-0.25, -0.2) is 4.99 Å². The smallest absolute Gasteiger partial charge is 0.429 e. The number of ether oxygens (including phenoxy) is 1. The van der Waals surface area contributed by atoms with Crippen molar-refractivity contribution in [2.75, 3.05) is 6.61 Å². The van der Waals surface area contributed by atoms with Gasteiger partial charge in [-0.15, -0.1) is 0 Å². The number of nitrogens with zero attached hydrogens (tertiary/aromatic N) is 1. The summed E-state index contributed by atoms with van der Waals surface area (Å²) >= 11 is 0. The summed E-state index contributed by atoms with van der Waals surface area (Å²) in [5.41, 5.74) is -0.297. The van der Waals surface area contributed by atoms with Crippen molar-refractivity contribution in [3.05, 3.63) is 60.2 Å². The first-order valence-corrected chi connectivity index (χ1v) is 6.85. The molecule has 0 saturated carbocycles. The van der Waals surface area contributed by atoms with Crippen LogP contribution < -0.4 is 4.74 Å². The molecule has 0 aromatic heterocycles. The lowest BCUT2D eigenvalue weighted by Gasteiger charge is -2.06. The summed E-state index contributed by atoms with van der Waals surface area (Å²) in [5.74, 6) is 6.25. The van der Waals surface area contributed by atoms with Crippen molar-refractivity contribution in [1.29, 1.82) is 0 Å². The zero-order chi connectivity index (χ0) is 16.7. The maximum Gasteiger partial charge on any atom is 0.429 e. The molecule has 2 aromatic rings. The highest BCUT2D eigenvalue weighted by molar-refractivity contribution is 5.90. The minimum absolute atomic E-state index is 0.139. The average molecular weight is 317 g/mol. The van der Waals surface area contributed by atoms with Gasteiger partial charge in [0.15, 0.2) is 0 Å². The molecular formula is C18H14F3NO. The second-order valence-electron chi connectivity index (χ2n) is 4.62. The average Bonchev–Trinajstić information content (AvgIpc) is 2.53. The minimum atomic E-state index is -4.45. The first-order chi connectivity index (χ1) is 11.0. The van der Waals surface area contributed by atoms with E-state index in [1.807, 2.05) is 18.2 Å². The van der Waals surface area contributed by atoms with E-state index in [0.717, 1.165) is 6.92 Å². The van der Waals surface area contributed by atoms with Gasteiger partial charge >= 0.3 is 6.18 Å². The Hall–Kier alpha value is -2.74. The van der Waals surface area contributed by atoms with Gasteiger partial charge in [-0.2, -0.15) is 13.2 Å². The molecule has 0 aliphatic rings. The van der Waals surface area contributed by atoms with E-state index in [1.54, 1.807) is 30.3 Å². The molecule has 0 unspecified atom stereocenters. The van der Waals surface area contributed by atoms with E-state index >= 15 is 0 Å². The van der Waals surface area contributed by atoms with E-state index < -0.39 is 11.9 Å². The number of halogens is 3. The quantitative estimate of drug-likeness (QED) is 0.590. The number of aliphatic imine (C=N–C) groups is 1. The molecule has 0 amide bonds. The fraction of sp³-hybridized carbons (Fsp3) is 0.167. The van der Waals surface area contributed by atoms with E-state index in [1.165, 1.54) is 6.07 Å². The summed E-state index contributed by atoms with van der Waals surface area (Å²) in [7, 11) is 0. The Morgan fingerprint density at radius 1 is 1.04 bits per heavy atom. The lowest BCUT2D eigenvalue weighted by molar-refractivity contribution is -0.0591. The van der Waals surface area contributed by atoms with Crippen molar-refractivity contribution in [2.45, 2.75) is 13.1 Å². The second kappa shape index (κ2) is 7.50. The van der Waals surface area contributed by atoms with Gasteiger partial charge in [0.1, 0.15) is 18.1 Å². The van der Waals surface area contributed by atoms with Crippen LogP contribution in [0.1, 0.15) is 12.5 Å². The third kappa shape index (κ3) is 5.19. The predicted octanol–water partition coefficient (Wildman–Crippen LogP) is 4.77. The van der Waals surface area contributed by atoms with Gasteiger partial charge in [-0.1, -0.05) is 42.2 Å². The van der Waals surface area contributed by atoms with Gasteiger partial charge in [0.25, 0.3) is 0 Å². The molecule has 0 N–H and O–H groups in total. The molecule has 118 valence electrons. The van der Waals surface area contributed by atoms with Crippen molar-refractivity contribution in [3.8, 4) is 17.6 Å². The van der Waals surface area contributed by atoms with Crippen molar-refractivity contribution in [3.63, 3.8) is 0 Å². The van der Waals surface area contributed by atoms with E-state index in [4.69, 9.17) is 4.74 Å². The zero-order valence-electron chi connectivity index (χ0n) is 12.4. The lowest BCUT2D eigenvalue weighted by Crippen LogP contribution is -2.18. The summed E-state index contributed by atoms with van der Waals surface area (Å²) in [6.45, 7) is 1.07. The molecule has 0 aliphatic carbocycles. The Labute approximate surface area is 132 Å². The van der Waals surface area contributed by atoms with Crippen LogP contribution >= 0.6 is 0 Å². The van der Waals surface area contributed by atoms with E-state index in [9.17, 15) is 13.2 Å².